The molecule has 1 atom stereocenters. The lowest BCUT2D eigenvalue weighted by Gasteiger charge is -2.09. The summed E-state index contributed by atoms with van der Waals surface area (Å²) in [6.07, 6.45) is 7.19. The highest BCUT2D eigenvalue weighted by atomic mass is 35.5. The highest BCUT2D eigenvalue weighted by molar-refractivity contribution is 5.86. The lowest BCUT2D eigenvalue weighted by atomic mass is 10.0. The van der Waals surface area contributed by atoms with Crippen molar-refractivity contribution in [3.05, 3.63) is 23.7 Å². The summed E-state index contributed by atoms with van der Waals surface area (Å²) in [5.41, 5.74) is 5.84. The maximum absolute atomic E-state index is 11.3. The quantitative estimate of drug-likeness (QED) is 0.847. The van der Waals surface area contributed by atoms with E-state index in [4.69, 9.17) is 10.2 Å². The Morgan fingerprint density at radius 1 is 1.48 bits per heavy atom. The molecule has 2 heterocycles. The minimum atomic E-state index is -0.433. The molecule has 1 aromatic heterocycles. The maximum Gasteiger partial charge on any atom is 0.373 e. The van der Waals surface area contributed by atoms with Crippen LogP contribution in [-0.2, 0) is 11.2 Å². The van der Waals surface area contributed by atoms with Gasteiger partial charge in [-0.15, -0.1) is 12.4 Å². The molecule has 2 N–H and O–H groups in total. The van der Waals surface area contributed by atoms with Gasteiger partial charge in [0.2, 0.25) is 5.76 Å². The SMILES string of the molecule is COC(=O)c1ccc(CCCC2CCCCC(N)=N2)o1.Cl. The molecule has 1 aliphatic heterocycles. The number of halogens is 1. The Bertz CT molecular complexity index is 485. The number of furan rings is 1. The molecule has 0 aromatic carbocycles. The van der Waals surface area contributed by atoms with Crippen molar-refractivity contribution in [1.29, 1.82) is 0 Å². The molecular weight excluding hydrogens is 292 g/mol. The molecule has 0 bridgehead atoms. The summed E-state index contributed by atoms with van der Waals surface area (Å²) in [6.45, 7) is 0. The van der Waals surface area contributed by atoms with E-state index >= 15 is 0 Å². The monoisotopic (exact) mass is 314 g/mol. The number of rotatable bonds is 5. The Balaban J connectivity index is 0.00000220. The van der Waals surface area contributed by atoms with Gasteiger partial charge < -0.3 is 14.9 Å². The smallest absolute Gasteiger partial charge is 0.373 e. The predicted octanol–water partition coefficient (Wildman–Crippen LogP) is 3.11. The van der Waals surface area contributed by atoms with Gasteiger partial charge in [0, 0.05) is 12.8 Å². The summed E-state index contributed by atoms with van der Waals surface area (Å²) in [5.74, 6) is 1.44. The lowest BCUT2D eigenvalue weighted by Crippen LogP contribution is -2.14. The Morgan fingerprint density at radius 2 is 2.29 bits per heavy atom. The first-order valence-corrected chi connectivity index (χ1v) is 7.18. The van der Waals surface area contributed by atoms with Crippen LogP contribution in [0.5, 0.6) is 0 Å². The third-order valence-electron chi connectivity index (χ3n) is 3.58. The van der Waals surface area contributed by atoms with Crippen molar-refractivity contribution in [1.82, 2.24) is 0 Å². The number of nitrogens with zero attached hydrogens (tertiary/aromatic N) is 1. The molecule has 0 fully saturated rings. The molecular formula is C15H23ClN2O3. The Kier molecular flexibility index (Phi) is 7.29. The van der Waals surface area contributed by atoms with Crippen LogP contribution in [0.1, 0.15) is 54.8 Å². The fraction of sp³-hybridized carbons (Fsp3) is 0.600. The molecule has 0 amide bonds. The molecule has 0 aliphatic carbocycles. The molecule has 0 saturated carbocycles. The van der Waals surface area contributed by atoms with E-state index < -0.39 is 5.97 Å². The number of ether oxygens (including phenoxy) is 1. The minimum absolute atomic E-state index is 0. The molecule has 1 aromatic rings. The molecule has 21 heavy (non-hydrogen) atoms. The number of nitrogens with two attached hydrogens (primary N) is 1. The zero-order chi connectivity index (χ0) is 14.4. The van der Waals surface area contributed by atoms with Gasteiger partial charge in [-0.25, -0.2) is 4.79 Å². The predicted molar refractivity (Wildman–Crippen MR) is 84.1 cm³/mol. The van der Waals surface area contributed by atoms with Gasteiger partial charge in [-0.2, -0.15) is 0 Å². The number of esters is 1. The average Bonchev–Trinajstić information content (AvgIpc) is 2.81. The third kappa shape index (κ3) is 5.42. The van der Waals surface area contributed by atoms with Gasteiger partial charge in [0.05, 0.1) is 19.0 Å². The van der Waals surface area contributed by atoms with Gasteiger partial charge in [-0.05, 0) is 37.8 Å². The van der Waals surface area contributed by atoms with E-state index in [-0.39, 0.29) is 18.2 Å². The molecule has 5 nitrogen and oxygen atoms in total. The van der Waals surface area contributed by atoms with Crippen LogP contribution in [0.15, 0.2) is 21.5 Å². The van der Waals surface area contributed by atoms with E-state index in [2.05, 4.69) is 9.73 Å². The maximum atomic E-state index is 11.3. The number of carbonyl (C=O) groups is 1. The first-order valence-electron chi connectivity index (χ1n) is 7.18. The normalized spacial score (nSPS) is 18.3. The molecule has 118 valence electrons. The van der Waals surface area contributed by atoms with E-state index in [1.54, 1.807) is 6.07 Å². The van der Waals surface area contributed by atoms with Crippen LogP contribution in [-0.4, -0.2) is 25.0 Å². The van der Waals surface area contributed by atoms with Crippen molar-refractivity contribution in [3.8, 4) is 0 Å². The van der Waals surface area contributed by atoms with Gasteiger partial charge >= 0.3 is 5.97 Å². The molecule has 0 saturated heterocycles. The molecule has 1 unspecified atom stereocenters. The van der Waals surface area contributed by atoms with Crippen LogP contribution in [0.2, 0.25) is 0 Å². The molecule has 0 radical (unpaired) electrons. The highest BCUT2D eigenvalue weighted by Gasteiger charge is 2.13. The van der Waals surface area contributed by atoms with Crippen LogP contribution >= 0.6 is 12.4 Å². The standard InChI is InChI=1S/C15H22N2O3.ClH/c1-19-15(18)13-10-9-12(20-13)7-4-6-11-5-2-3-8-14(16)17-11;/h9-11H,2-8H2,1H3,(H2,16,17);1H. The van der Waals surface area contributed by atoms with Crippen molar-refractivity contribution in [3.63, 3.8) is 0 Å². The largest absolute Gasteiger partial charge is 0.463 e. The number of aliphatic imine (C=N–C) groups is 1. The van der Waals surface area contributed by atoms with Crippen molar-refractivity contribution >= 4 is 24.2 Å². The summed E-state index contributed by atoms with van der Waals surface area (Å²) in [4.78, 5) is 15.8. The fourth-order valence-corrected chi connectivity index (χ4v) is 2.49. The number of aryl methyl sites for hydroxylation is 1. The second-order valence-electron chi connectivity index (χ2n) is 5.17. The average molecular weight is 315 g/mol. The zero-order valence-electron chi connectivity index (χ0n) is 12.3. The van der Waals surface area contributed by atoms with Gasteiger partial charge in [-0.3, -0.25) is 4.99 Å². The van der Waals surface area contributed by atoms with E-state index in [1.165, 1.54) is 13.5 Å². The molecule has 0 spiro atoms. The zero-order valence-corrected chi connectivity index (χ0v) is 13.2. The first-order chi connectivity index (χ1) is 9.69. The Hall–Kier alpha value is -1.49. The topological polar surface area (TPSA) is 77.8 Å². The second kappa shape index (κ2) is 8.72. The van der Waals surface area contributed by atoms with E-state index in [0.29, 0.717) is 6.04 Å². The summed E-state index contributed by atoms with van der Waals surface area (Å²) < 4.78 is 10.0. The Morgan fingerprint density at radius 3 is 3.05 bits per heavy atom. The van der Waals surface area contributed by atoms with Gasteiger partial charge in [0.25, 0.3) is 0 Å². The van der Waals surface area contributed by atoms with Gasteiger partial charge in [0.15, 0.2) is 0 Å². The van der Waals surface area contributed by atoms with E-state index in [0.717, 1.165) is 50.1 Å². The Labute approximate surface area is 131 Å². The van der Waals surface area contributed by atoms with Crippen molar-refractivity contribution in [2.45, 2.75) is 51.0 Å². The highest BCUT2D eigenvalue weighted by Crippen LogP contribution is 2.18. The third-order valence-corrected chi connectivity index (χ3v) is 3.58. The van der Waals surface area contributed by atoms with Crippen molar-refractivity contribution in [2.24, 2.45) is 10.7 Å². The summed E-state index contributed by atoms with van der Waals surface area (Å²) in [6, 6.07) is 3.83. The number of hydrogen-bond donors (Lipinski definition) is 1. The number of carbonyl (C=O) groups excluding carboxylic acids is 1. The summed E-state index contributed by atoms with van der Waals surface area (Å²) in [7, 11) is 1.35. The van der Waals surface area contributed by atoms with Crippen LogP contribution in [0.3, 0.4) is 0 Å². The number of hydrogen-bond acceptors (Lipinski definition) is 5. The van der Waals surface area contributed by atoms with Crippen LogP contribution in [0.4, 0.5) is 0 Å². The lowest BCUT2D eigenvalue weighted by molar-refractivity contribution is 0.0563. The van der Waals surface area contributed by atoms with Crippen molar-refractivity contribution < 1.29 is 13.9 Å². The number of methoxy groups -OCH3 is 1. The molecule has 1 aliphatic rings. The van der Waals surface area contributed by atoms with Crippen LogP contribution in [0, 0.1) is 0 Å². The van der Waals surface area contributed by atoms with Crippen LogP contribution < -0.4 is 5.73 Å². The van der Waals surface area contributed by atoms with E-state index in [1.807, 2.05) is 6.07 Å². The fourth-order valence-electron chi connectivity index (χ4n) is 2.49. The van der Waals surface area contributed by atoms with Crippen LogP contribution in [0.25, 0.3) is 0 Å². The van der Waals surface area contributed by atoms with Gasteiger partial charge in [-0.1, -0.05) is 6.42 Å². The molecule has 2 rings (SSSR count). The van der Waals surface area contributed by atoms with E-state index in [9.17, 15) is 4.79 Å². The second-order valence-corrected chi connectivity index (χ2v) is 5.17. The molecule has 6 heteroatoms. The summed E-state index contributed by atoms with van der Waals surface area (Å²) >= 11 is 0. The first kappa shape index (κ1) is 17.6. The van der Waals surface area contributed by atoms with Crippen molar-refractivity contribution in [2.75, 3.05) is 7.11 Å². The summed E-state index contributed by atoms with van der Waals surface area (Å²) in [5, 5.41) is 0. The van der Waals surface area contributed by atoms with Gasteiger partial charge in [0.1, 0.15) is 5.76 Å². The minimum Gasteiger partial charge on any atom is -0.463 e. The number of amidine groups is 1.